The van der Waals surface area contributed by atoms with Crippen molar-refractivity contribution in [1.82, 2.24) is 0 Å². The first-order chi connectivity index (χ1) is 6.04. The quantitative estimate of drug-likeness (QED) is 0.815. The molecule has 4 heteroatoms. The minimum Gasteiger partial charge on any atom is -0.480 e. The Morgan fingerprint density at radius 3 is 2.77 bits per heavy atom. The number of hydrogen-bond acceptors (Lipinski definition) is 2. The first kappa shape index (κ1) is 10.5. The van der Waals surface area contributed by atoms with E-state index in [0.29, 0.717) is 5.56 Å². The predicted molar refractivity (Wildman–Crippen MR) is 58.5 cm³/mol. The van der Waals surface area contributed by atoms with Crippen molar-refractivity contribution in [2.45, 2.75) is 13.0 Å². The number of carboxylic acid groups (broad SMARTS) is 1. The number of carbonyl (C=O) groups is 1. The van der Waals surface area contributed by atoms with Crippen LogP contribution in [0.15, 0.2) is 18.2 Å². The number of aryl methyl sites for hydroxylation is 1. The van der Waals surface area contributed by atoms with E-state index in [9.17, 15) is 4.79 Å². The Labute approximate surface area is 90.1 Å². The molecular weight excluding hydrogens is 281 g/mol. The van der Waals surface area contributed by atoms with Gasteiger partial charge in [-0.1, -0.05) is 18.2 Å². The van der Waals surface area contributed by atoms with Crippen molar-refractivity contribution in [3.05, 3.63) is 32.9 Å². The van der Waals surface area contributed by atoms with Crippen LogP contribution in [-0.2, 0) is 4.79 Å². The van der Waals surface area contributed by atoms with E-state index in [-0.39, 0.29) is 0 Å². The number of carboxylic acids is 1. The Bertz CT molecular complexity index is 338. The smallest absolute Gasteiger partial charge is 0.325 e. The van der Waals surface area contributed by atoms with Gasteiger partial charge in [-0.3, -0.25) is 4.79 Å². The second kappa shape index (κ2) is 4.06. The number of nitrogens with two attached hydrogens (primary N) is 1. The van der Waals surface area contributed by atoms with E-state index in [1.807, 2.05) is 19.1 Å². The molecule has 70 valence electrons. The summed E-state index contributed by atoms with van der Waals surface area (Å²) in [7, 11) is 0. The average molecular weight is 291 g/mol. The van der Waals surface area contributed by atoms with Crippen molar-refractivity contribution in [2.24, 2.45) is 5.73 Å². The highest BCUT2D eigenvalue weighted by Crippen LogP contribution is 2.21. The molecule has 0 saturated heterocycles. The SMILES string of the molecule is Cc1cccc(C(N)C(=O)O)c1I. The van der Waals surface area contributed by atoms with Gasteiger partial charge < -0.3 is 10.8 Å². The topological polar surface area (TPSA) is 63.3 Å². The second-order valence-corrected chi connectivity index (χ2v) is 3.87. The molecule has 0 aliphatic carbocycles. The van der Waals surface area contributed by atoms with E-state index in [1.165, 1.54) is 0 Å². The number of hydrogen-bond donors (Lipinski definition) is 2. The fourth-order valence-electron chi connectivity index (χ4n) is 1.04. The van der Waals surface area contributed by atoms with Gasteiger partial charge in [0.2, 0.25) is 0 Å². The van der Waals surface area contributed by atoms with E-state index in [2.05, 4.69) is 22.6 Å². The third-order valence-corrected chi connectivity index (χ3v) is 3.30. The maximum atomic E-state index is 10.6. The van der Waals surface area contributed by atoms with Crippen LogP contribution in [0.1, 0.15) is 17.2 Å². The molecule has 0 heterocycles. The molecule has 1 aromatic carbocycles. The Balaban J connectivity index is 3.15. The standard InChI is InChI=1S/C9H10INO2/c1-5-3-2-4-6(7(5)10)8(11)9(12)13/h2-4,8H,11H2,1H3,(H,12,13). The van der Waals surface area contributed by atoms with E-state index in [1.54, 1.807) is 6.07 Å². The molecule has 1 atom stereocenters. The predicted octanol–water partition coefficient (Wildman–Crippen LogP) is 1.68. The fraction of sp³-hybridized carbons (Fsp3) is 0.222. The molecule has 0 aromatic heterocycles. The first-order valence-corrected chi connectivity index (χ1v) is 4.85. The summed E-state index contributed by atoms with van der Waals surface area (Å²) in [6.45, 7) is 1.93. The van der Waals surface area contributed by atoms with E-state index >= 15 is 0 Å². The Morgan fingerprint density at radius 1 is 1.62 bits per heavy atom. The molecule has 3 nitrogen and oxygen atoms in total. The number of halogens is 1. The van der Waals surface area contributed by atoms with Gasteiger partial charge in [0.05, 0.1) is 0 Å². The summed E-state index contributed by atoms with van der Waals surface area (Å²) in [6.07, 6.45) is 0. The van der Waals surface area contributed by atoms with Crippen LogP contribution < -0.4 is 5.73 Å². The monoisotopic (exact) mass is 291 g/mol. The molecule has 0 saturated carbocycles. The van der Waals surface area contributed by atoms with Gasteiger partial charge in [0.25, 0.3) is 0 Å². The molecule has 0 spiro atoms. The van der Waals surface area contributed by atoms with Gasteiger partial charge in [0.15, 0.2) is 0 Å². The number of aliphatic carboxylic acids is 1. The Kier molecular flexibility index (Phi) is 3.27. The van der Waals surface area contributed by atoms with Crippen molar-refractivity contribution in [2.75, 3.05) is 0 Å². The normalized spacial score (nSPS) is 12.5. The Hall–Kier alpha value is -0.620. The van der Waals surface area contributed by atoms with Crippen LogP contribution >= 0.6 is 22.6 Å². The molecule has 1 aromatic rings. The minimum atomic E-state index is -0.997. The zero-order valence-electron chi connectivity index (χ0n) is 7.12. The third-order valence-electron chi connectivity index (χ3n) is 1.82. The summed E-state index contributed by atoms with van der Waals surface area (Å²) < 4.78 is 0.926. The molecule has 0 bridgehead atoms. The molecule has 0 aliphatic rings. The lowest BCUT2D eigenvalue weighted by Crippen LogP contribution is -2.21. The molecular formula is C9H10INO2. The first-order valence-electron chi connectivity index (χ1n) is 3.77. The van der Waals surface area contributed by atoms with Crippen LogP contribution in [-0.4, -0.2) is 11.1 Å². The molecule has 0 amide bonds. The summed E-state index contributed by atoms with van der Waals surface area (Å²) in [5, 5.41) is 8.72. The van der Waals surface area contributed by atoms with Crippen LogP contribution in [0, 0.1) is 10.5 Å². The van der Waals surface area contributed by atoms with Gasteiger partial charge in [-0.15, -0.1) is 0 Å². The molecule has 13 heavy (non-hydrogen) atoms. The molecule has 0 radical (unpaired) electrons. The molecule has 1 rings (SSSR count). The number of benzene rings is 1. The lowest BCUT2D eigenvalue weighted by atomic mass is 10.1. The van der Waals surface area contributed by atoms with Gasteiger partial charge in [-0.25, -0.2) is 0 Å². The zero-order valence-corrected chi connectivity index (χ0v) is 9.28. The van der Waals surface area contributed by atoms with Crippen molar-refractivity contribution in [3.63, 3.8) is 0 Å². The number of rotatable bonds is 2. The van der Waals surface area contributed by atoms with Gasteiger partial charge in [0, 0.05) is 3.57 Å². The summed E-state index contributed by atoms with van der Waals surface area (Å²) in [5.41, 5.74) is 7.23. The van der Waals surface area contributed by atoms with Gasteiger partial charge in [-0.05, 0) is 40.6 Å². The third kappa shape index (κ3) is 2.19. The highest BCUT2D eigenvalue weighted by atomic mass is 127. The van der Waals surface area contributed by atoms with Crippen LogP contribution in [0.4, 0.5) is 0 Å². The summed E-state index contributed by atoms with van der Waals surface area (Å²) in [5.74, 6) is -0.997. The molecule has 3 N–H and O–H groups in total. The van der Waals surface area contributed by atoms with Crippen LogP contribution in [0.3, 0.4) is 0 Å². The molecule has 0 aliphatic heterocycles. The van der Waals surface area contributed by atoms with Gasteiger partial charge in [-0.2, -0.15) is 0 Å². The van der Waals surface area contributed by atoms with Crippen LogP contribution in [0.25, 0.3) is 0 Å². The van der Waals surface area contributed by atoms with Crippen LogP contribution in [0.2, 0.25) is 0 Å². The van der Waals surface area contributed by atoms with Crippen molar-refractivity contribution < 1.29 is 9.90 Å². The molecule has 1 unspecified atom stereocenters. The average Bonchev–Trinajstić information content (AvgIpc) is 2.08. The second-order valence-electron chi connectivity index (χ2n) is 2.79. The maximum Gasteiger partial charge on any atom is 0.325 e. The maximum absolute atomic E-state index is 10.6. The Morgan fingerprint density at radius 2 is 2.23 bits per heavy atom. The lowest BCUT2D eigenvalue weighted by molar-refractivity contribution is -0.138. The van der Waals surface area contributed by atoms with Gasteiger partial charge >= 0.3 is 5.97 Å². The van der Waals surface area contributed by atoms with E-state index < -0.39 is 12.0 Å². The summed E-state index contributed by atoms with van der Waals surface area (Å²) in [6, 6.07) is 4.56. The van der Waals surface area contributed by atoms with E-state index in [4.69, 9.17) is 10.8 Å². The highest BCUT2D eigenvalue weighted by molar-refractivity contribution is 14.1. The lowest BCUT2D eigenvalue weighted by Gasteiger charge is -2.10. The highest BCUT2D eigenvalue weighted by Gasteiger charge is 2.17. The van der Waals surface area contributed by atoms with Crippen molar-refractivity contribution in [1.29, 1.82) is 0 Å². The van der Waals surface area contributed by atoms with Crippen LogP contribution in [0.5, 0.6) is 0 Å². The van der Waals surface area contributed by atoms with Crippen molar-refractivity contribution >= 4 is 28.6 Å². The fourth-order valence-corrected chi connectivity index (χ4v) is 1.74. The van der Waals surface area contributed by atoms with Gasteiger partial charge in [0.1, 0.15) is 6.04 Å². The molecule has 0 fully saturated rings. The van der Waals surface area contributed by atoms with Crippen molar-refractivity contribution in [3.8, 4) is 0 Å². The largest absolute Gasteiger partial charge is 0.480 e. The summed E-state index contributed by atoms with van der Waals surface area (Å²) in [4.78, 5) is 10.6. The van der Waals surface area contributed by atoms with E-state index in [0.717, 1.165) is 9.13 Å². The zero-order chi connectivity index (χ0) is 10.0. The minimum absolute atomic E-state index is 0.674. The summed E-state index contributed by atoms with van der Waals surface area (Å²) >= 11 is 2.11.